The number of hydrogen-bond acceptors (Lipinski definition) is 6. The number of anilines is 3. The SMILES string of the molecule is C[C@@H]1[C@@H]([Si](C)(C)O)[C@H](CC(=O)N(CCO)Cc2ccccc2)O[C@@]12C(=O)N(c1ccccc1)c1ccc(NC(=O)c3ccccc3)cc12. The maximum Gasteiger partial charge on any atom is 0.268 e. The maximum absolute atomic E-state index is 14.9. The average molecular weight is 664 g/mol. The fourth-order valence-corrected chi connectivity index (χ4v) is 9.98. The van der Waals surface area contributed by atoms with E-state index in [9.17, 15) is 24.3 Å². The van der Waals surface area contributed by atoms with Crippen LogP contribution in [-0.4, -0.2) is 60.1 Å². The van der Waals surface area contributed by atoms with Gasteiger partial charge in [0.25, 0.3) is 11.8 Å². The molecule has 2 aliphatic heterocycles. The van der Waals surface area contributed by atoms with E-state index in [1.54, 1.807) is 46.2 Å². The summed E-state index contributed by atoms with van der Waals surface area (Å²) in [5, 5.41) is 12.8. The van der Waals surface area contributed by atoms with E-state index < -0.39 is 31.5 Å². The van der Waals surface area contributed by atoms with Crippen molar-refractivity contribution in [1.29, 1.82) is 0 Å². The summed E-state index contributed by atoms with van der Waals surface area (Å²) in [4.78, 5) is 56.9. The van der Waals surface area contributed by atoms with Crippen LogP contribution >= 0.6 is 0 Å². The van der Waals surface area contributed by atoms with Gasteiger partial charge in [-0.15, -0.1) is 0 Å². The highest BCUT2D eigenvalue weighted by Gasteiger charge is 2.66. The van der Waals surface area contributed by atoms with Gasteiger partial charge in [-0.2, -0.15) is 0 Å². The Labute approximate surface area is 281 Å². The summed E-state index contributed by atoms with van der Waals surface area (Å²) in [7, 11) is -3.06. The molecule has 2 aliphatic rings. The van der Waals surface area contributed by atoms with E-state index in [1.807, 2.05) is 92.8 Å². The molecule has 1 saturated heterocycles. The summed E-state index contributed by atoms with van der Waals surface area (Å²) in [6, 6.07) is 33.1. The monoisotopic (exact) mass is 663 g/mol. The zero-order valence-electron chi connectivity index (χ0n) is 27.4. The number of amides is 3. The van der Waals surface area contributed by atoms with Crippen LogP contribution in [0.4, 0.5) is 17.1 Å². The number of rotatable bonds is 10. The van der Waals surface area contributed by atoms with Crippen LogP contribution in [0.15, 0.2) is 109 Å². The number of aliphatic hydroxyl groups is 1. The molecular weight excluding hydrogens is 623 g/mol. The lowest BCUT2D eigenvalue weighted by molar-refractivity contribution is -0.149. The van der Waals surface area contributed by atoms with E-state index in [4.69, 9.17) is 4.74 Å². The largest absolute Gasteiger partial charge is 0.432 e. The van der Waals surface area contributed by atoms with Crippen molar-refractivity contribution in [2.24, 2.45) is 5.92 Å². The molecule has 4 atom stereocenters. The summed E-state index contributed by atoms with van der Waals surface area (Å²) in [6.45, 7) is 5.79. The molecule has 3 amide bonds. The number of para-hydroxylation sites is 1. The second kappa shape index (κ2) is 13.5. The molecule has 9 nitrogen and oxygen atoms in total. The Balaban J connectivity index is 1.40. The summed E-state index contributed by atoms with van der Waals surface area (Å²) in [6.07, 6.45) is -0.842. The van der Waals surface area contributed by atoms with Crippen LogP contribution in [0, 0.1) is 5.92 Å². The molecule has 10 heteroatoms. The molecule has 248 valence electrons. The van der Waals surface area contributed by atoms with Gasteiger partial charge in [-0.25, -0.2) is 0 Å². The van der Waals surface area contributed by atoms with Crippen LogP contribution in [0.5, 0.6) is 0 Å². The van der Waals surface area contributed by atoms with E-state index in [-0.39, 0.29) is 37.3 Å². The lowest BCUT2D eigenvalue weighted by atomic mass is 9.82. The van der Waals surface area contributed by atoms with Gasteiger partial charge in [0.1, 0.15) is 0 Å². The molecule has 6 rings (SSSR count). The van der Waals surface area contributed by atoms with Gasteiger partial charge in [0.05, 0.1) is 24.8 Å². The standard InChI is InChI=1S/C38H41N3O6Si/c1-26-35(48(2,3)46)33(24-34(43)40(21-22-42)25-27-13-7-4-8-14-27)47-38(26)31-23-29(39-36(44)28-15-9-5-10-16-28)19-20-32(31)41(37(38)45)30-17-11-6-12-18-30/h4-20,23,26,33,35,42,46H,21-22,24-25H2,1-3H3,(H,39,44)/t26-,33+,35-,38+/m1/s1. The number of fused-ring (bicyclic) bond motifs is 2. The maximum atomic E-state index is 14.9. The number of nitrogens with zero attached hydrogens (tertiary/aromatic N) is 2. The smallest absolute Gasteiger partial charge is 0.268 e. The Morgan fingerprint density at radius 3 is 2.19 bits per heavy atom. The molecule has 48 heavy (non-hydrogen) atoms. The van der Waals surface area contributed by atoms with Crippen molar-refractivity contribution in [2.75, 3.05) is 23.4 Å². The minimum absolute atomic E-state index is 0.0705. The highest BCUT2D eigenvalue weighted by molar-refractivity contribution is 6.71. The van der Waals surface area contributed by atoms with Gasteiger partial charge < -0.3 is 24.9 Å². The Morgan fingerprint density at radius 2 is 1.56 bits per heavy atom. The van der Waals surface area contributed by atoms with Crippen molar-refractivity contribution in [3.05, 3.63) is 126 Å². The van der Waals surface area contributed by atoms with Gasteiger partial charge >= 0.3 is 0 Å². The molecule has 0 bridgehead atoms. The van der Waals surface area contributed by atoms with Crippen molar-refractivity contribution in [2.45, 2.75) is 50.2 Å². The number of carbonyl (C=O) groups excluding carboxylic acids is 3. The van der Waals surface area contributed by atoms with Crippen molar-refractivity contribution in [3.8, 4) is 0 Å². The molecule has 3 N–H and O–H groups in total. The molecule has 1 spiro atoms. The minimum atomic E-state index is -3.06. The summed E-state index contributed by atoms with van der Waals surface area (Å²) in [5.74, 6) is -1.35. The molecule has 2 heterocycles. The molecular formula is C38H41N3O6Si. The zero-order chi connectivity index (χ0) is 34.1. The third-order valence-corrected chi connectivity index (χ3v) is 12.0. The fourth-order valence-electron chi connectivity index (χ4n) is 7.42. The quantitative estimate of drug-likeness (QED) is 0.184. The molecule has 0 saturated carbocycles. The Kier molecular flexibility index (Phi) is 9.35. The first-order valence-corrected chi connectivity index (χ1v) is 19.3. The van der Waals surface area contributed by atoms with Gasteiger partial charge in [0.15, 0.2) is 13.9 Å². The number of aliphatic hydroxyl groups excluding tert-OH is 1. The van der Waals surface area contributed by atoms with Gasteiger partial charge in [0, 0.05) is 47.1 Å². The minimum Gasteiger partial charge on any atom is -0.432 e. The van der Waals surface area contributed by atoms with Crippen LogP contribution in [0.2, 0.25) is 18.6 Å². The molecule has 0 aromatic heterocycles. The van der Waals surface area contributed by atoms with E-state index in [2.05, 4.69) is 5.32 Å². The number of hydrogen-bond donors (Lipinski definition) is 3. The second-order valence-electron chi connectivity index (χ2n) is 13.1. The van der Waals surface area contributed by atoms with Crippen LogP contribution < -0.4 is 10.2 Å². The second-order valence-corrected chi connectivity index (χ2v) is 17.1. The summed E-state index contributed by atoms with van der Waals surface area (Å²) in [5.41, 5.74) is 1.75. The summed E-state index contributed by atoms with van der Waals surface area (Å²) < 4.78 is 6.91. The Morgan fingerprint density at radius 1 is 0.938 bits per heavy atom. The average Bonchev–Trinajstić information content (AvgIpc) is 3.51. The van der Waals surface area contributed by atoms with Crippen LogP contribution in [0.3, 0.4) is 0 Å². The van der Waals surface area contributed by atoms with E-state index in [1.165, 1.54) is 0 Å². The molecule has 4 aromatic carbocycles. The van der Waals surface area contributed by atoms with Gasteiger partial charge in [-0.1, -0.05) is 73.7 Å². The molecule has 1 fully saturated rings. The molecule has 0 aliphatic carbocycles. The number of ether oxygens (including phenoxy) is 1. The first kappa shape index (κ1) is 33.3. The molecule has 0 radical (unpaired) electrons. The summed E-state index contributed by atoms with van der Waals surface area (Å²) >= 11 is 0. The predicted octanol–water partition coefficient (Wildman–Crippen LogP) is 5.83. The first-order chi connectivity index (χ1) is 23.0. The Bertz CT molecular complexity index is 1780. The van der Waals surface area contributed by atoms with Gasteiger partial charge in [-0.05, 0) is 61.1 Å². The van der Waals surface area contributed by atoms with Crippen molar-refractivity contribution in [3.63, 3.8) is 0 Å². The molecule has 4 aromatic rings. The lowest BCUT2D eigenvalue weighted by Gasteiger charge is -2.32. The fraction of sp³-hybridized carbons (Fsp3) is 0.289. The topological polar surface area (TPSA) is 119 Å². The number of benzene rings is 4. The number of nitrogens with one attached hydrogen (secondary N) is 1. The van der Waals surface area contributed by atoms with Crippen molar-refractivity contribution < 1.29 is 29.0 Å². The number of carbonyl (C=O) groups is 3. The van der Waals surface area contributed by atoms with Crippen molar-refractivity contribution >= 4 is 43.1 Å². The van der Waals surface area contributed by atoms with E-state index >= 15 is 0 Å². The Hall–Kier alpha value is -4.61. The predicted molar refractivity (Wildman–Crippen MR) is 187 cm³/mol. The third-order valence-electron chi connectivity index (χ3n) is 9.51. The van der Waals surface area contributed by atoms with Crippen LogP contribution in [0.1, 0.15) is 34.8 Å². The highest BCUT2D eigenvalue weighted by Crippen LogP contribution is 2.61. The highest BCUT2D eigenvalue weighted by atomic mass is 28.4. The molecule has 0 unspecified atom stereocenters. The third kappa shape index (κ3) is 6.20. The van der Waals surface area contributed by atoms with Crippen LogP contribution in [-0.2, 0) is 26.5 Å². The van der Waals surface area contributed by atoms with Gasteiger partial charge in [0.2, 0.25) is 5.91 Å². The van der Waals surface area contributed by atoms with Crippen LogP contribution in [0.25, 0.3) is 0 Å². The van der Waals surface area contributed by atoms with Gasteiger partial charge in [-0.3, -0.25) is 19.3 Å². The van der Waals surface area contributed by atoms with Crippen molar-refractivity contribution in [1.82, 2.24) is 4.90 Å². The normalized spacial score (nSPS) is 21.7. The first-order valence-electron chi connectivity index (χ1n) is 16.3. The van der Waals surface area contributed by atoms with E-state index in [0.717, 1.165) is 5.56 Å². The van der Waals surface area contributed by atoms with E-state index in [0.29, 0.717) is 34.7 Å². The zero-order valence-corrected chi connectivity index (χ0v) is 28.4. The lowest BCUT2D eigenvalue weighted by Crippen LogP contribution is -2.45.